The van der Waals surface area contributed by atoms with E-state index in [-0.39, 0.29) is 0 Å². The quantitative estimate of drug-likeness (QED) is 0.480. The molecule has 0 N–H and O–H groups in total. The highest BCUT2D eigenvalue weighted by atomic mass is 13.9. The topological polar surface area (TPSA) is 0 Å². The van der Waals surface area contributed by atoms with Gasteiger partial charge in [0.2, 0.25) is 0 Å². The molecular formula is C13H21. The number of hydrogen-bond acceptors (Lipinski definition) is 0. The Morgan fingerprint density at radius 1 is 0.538 bits per heavy atom. The lowest BCUT2D eigenvalue weighted by Crippen LogP contribution is -1.74. The fourth-order valence-electron chi connectivity index (χ4n) is 1.58. The molecule has 0 bridgehead atoms. The van der Waals surface area contributed by atoms with Crippen LogP contribution in [-0.2, 0) is 0 Å². The van der Waals surface area contributed by atoms with Crippen molar-refractivity contribution in [1.82, 2.24) is 0 Å². The van der Waals surface area contributed by atoms with E-state index in [1.54, 1.807) is 0 Å². The third-order valence-electron chi connectivity index (χ3n) is 2.42. The molecule has 0 saturated heterocycles. The second-order valence-corrected chi connectivity index (χ2v) is 3.68. The molecule has 0 amide bonds. The molecule has 73 valence electrons. The lowest BCUT2D eigenvalue weighted by atomic mass is 10.1. The summed E-state index contributed by atoms with van der Waals surface area (Å²) < 4.78 is 0. The van der Waals surface area contributed by atoms with Gasteiger partial charge in [-0.25, -0.2) is 0 Å². The summed E-state index contributed by atoms with van der Waals surface area (Å²) in [5.74, 6) is 0. The van der Waals surface area contributed by atoms with Crippen LogP contribution in [0.3, 0.4) is 0 Å². The molecule has 0 unspecified atom stereocenters. The molecular weight excluding hydrogens is 156 g/mol. The van der Waals surface area contributed by atoms with Gasteiger partial charge in [0.05, 0.1) is 0 Å². The van der Waals surface area contributed by atoms with E-state index in [0.29, 0.717) is 0 Å². The fraction of sp³-hybridized carbons (Fsp3) is 0.615. The summed E-state index contributed by atoms with van der Waals surface area (Å²) in [6, 6.07) is 0. The average Bonchev–Trinajstić information content (AvgIpc) is 2.18. The van der Waals surface area contributed by atoms with Crippen molar-refractivity contribution >= 4 is 0 Å². The van der Waals surface area contributed by atoms with Gasteiger partial charge in [0, 0.05) is 0 Å². The first kappa shape index (κ1) is 10.6. The maximum Gasteiger partial charge on any atom is -0.0319 e. The molecule has 1 rings (SSSR count). The molecule has 0 saturated carbocycles. The summed E-state index contributed by atoms with van der Waals surface area (Å²) in [5.41, 5.74) is 0. The van der Waals surface area contributed by atoms with Gasteiger partial charge in [-0.2, -0.15) is 0 Å². The largest absolute Gasteiger partial charge is 0.0885 e. The van der Waals surface area contributed by atoms with Gasteiger partial charge in [-0.1, -0.05) is 30.7 Å². The second kappa shape index (κ2) is 8.10. The highest BCUT2D eigenvalue weighted by Gasteiger charge is 1.88. The highest BCUT2D eigenvalue weighted by Crippen LogP contribution is 2.08. The normalized spacial score (nSPS) is 21.5. The Hall–Kier alpha value is -0.520. The van der Waals surface area contributed by atoms with Crippen LogP contribution in [0.15, 0.2) is 24.3 Å². The molecule has 0 aromatic heterocycles. The number of hydrogen-bond donors (Lipinski definition) is 0. The van der Waals surface area contributed by atoms with Crippen LogP contribution in [0.4, 0.5) is 0 Å². The van der Waals surface area contributed by atoms with Crippen LogP contribution in [0.2, 0.25) is 0 Å². The molecule has 0 aromatic rings. The van der Waals surface area contributed by atoms with Crippen LogP contribution in [-0.4, -0.2) is 0 Å². The molecule has 1 radical (unpaired) electrons. The molecule has 0 spiro atoms. The van der Waals surface area contributed by atoms with Crippen molar-refractivity contribution in [3.8, 4) is 0 Å². The predicted molar refractivity (Wildman–Crippen MR) is 59.5 cm³/mol. The zero-order valence-electron chi connectivity index (χ0n) is 8.54. The first-order valence-corrected chi connectivity index (χ1v) is 5.62. The smallest absolute Gasteiger partial charge is 0.0319 e. The Balaban J connectivity index is 2.18. The van der Waals surface area contributed by atoms with Gasteiger partial charge in [-0.05, 0) is 51.4 Å². The van der Waals surface area contributed by atoms with E-state index in [1.807, 2.05) is 0 Å². The summed E-state index contributed by atoms with van der Waals surface area (Å²) >= 11 is 0. The molecule has 0 atom stereocenters. The third kappa shape index (κ3) is 6.62. The Morgan fingerprint density at radius 2 is 1.23 bits per heavy atom. The van der Waals surface area contributed by atoms with Crippen LogP contribution in [0.25, 0.3) is 0 Å². The minimum atomic E-state index is 1.16. The van der Waals surface area contributed by atoms with E-state index < -0.39 is 0 Å². The van der Waals surface area contributed by atoms with Crippen molar-refractivity contribution in [3.63, 3.8) is 0 Å². The minimum absolute atomic E-state index is 1.16. The molecule has 0 aliphatic heterocycles. The zero-order valence-corrected chi connectivity index (χ0v) is 8.54. The Labute approximate surface area is 82.7 Å². The molecule has 0 fully saturated rings. The van der Waals surface area contributed by atoms with Gasteiger partial charge in [0.1, 0.15) is 0 Å². The van der Waals surface area contributed by atoms with Crippen molar-refractivity contribution in [2.45, 2.75) is 51.4 Å². The van der Waals surface area contributed by atoms with Gasteiger partial charge in [-0.15, -0.1) is 0 Å². The van der Waals surface area contributed by atoms with Crippen LogP contribution >= 0.6 is 0 Å². The van der Waals surface area contributed by atoms with E-state index >= 15 is 0 Å². The molecule has 0 heterocycles. The monoisotopic (exact) mass is 177 g/mol. The van der Waals surface area contributed by atoms with Gasteiger partial charge in [0.25, 0.3) is 0 Å². The summed E-state index contributed by atoms with van der Waals surface area (Å²) in [5, 5.41) is 0. The van der Waals surface area contributed by atoms with Crippen LogP contribution in [0.5, 0.6) is 0 Å². The van der Waals surface area contributed by atoms with Gasteiger partial charge >= 0.3 is 0 Å². The second-order valence-electron chi connectivity index (χ2n) is 3.68. The lowest BCUT2D eigenvalue weighted by Gasteiger charge is -1.94. The van der Waals surface area contributed by atoms with Gasteiger partial charge < -0.3 is 0 Å². The SMILES string of the molecule is [CH]1CC=CCCCCCC=CCC1. The van der Waals surface area contributed by atoms with E-state index in [1.165, 1.54) is 44.9 Å². The fourth-order valence-corrected chi connectivity index (χ4v) is 1.58. The predicted octanol–water partition coefficient (Wildman–Crippen LogP) is 4.44. The molecule has 0 aromatic carbocycles. The Morgan fingerprint density at radius 3 is 2.08 bits per heavy atom. The summed E-state index contributed by atoms with van der Waals surface area (Å²) in [6.07, 6.45) is 22.0. The van der Waals surface area contributed by atoms with Crippen molar-refractivity contribution in [3.05, 3.63) is 30.7 Å². The van der Waals surface area contributed by atoms with E-state index in [2.05, 4.69) is 30.7 Å². The standard InChI is InChI=1S/C13H21/c1-2-4-6-8-10-12-13-11-9-7-5-3-1/h1-2,5,11,13H,3-4,6-10,12H2. The van der Waals surface area contributed by atoms with Crippen molar-refractivity contribution in [2.24, 2.45) is 0 Å². The number of rotatable bonds is 0. The maximum absolute atomic E-state index is 2.37. The van der Waals surface area contributed by atoms with Gasteiger partial charge in [0.15, 0.2) is 0 Å². The molecule has 1 aliphatic rings. The minimum Gasteiger partial charge on any atom is -0.0885 e. The number of allylic oxidation sites excluding steroid dienone is 4. The van der Waals surface area contributed by atoms with E-state index in [4.69, 9.17) is 0 Å². The lowest BCUT2D eigenvalue weighted by molar-refractivity contribution is 0.695. The van der Waals surface area contributed by atoms with Crippen LogP contribution < -0.4 is 0 Å². The highest BCUT2D eigenvalue weighted by molar-refractivity contribution is 4.90. The molecule has 0 heteroatoms. The zero-order chi connectivity index (χ0) is 9.19. The van der Waals surface area contributed by atoms with Crippen molar-refractivity contribution in [1.29, 1.82) is 0 Å². The van der Waals surface area contributed by atoms with Crippen LogP contribution in [0, 0.1) is 6.42 Å². The molecule has 1 aliphatic carbocycles. The maximum atomic E-state index is 2.37. The van der Waals surface area contributed by atoms with Gasteiger partial charge in [-0.3, -0.25) is 0 Å². The summed E-state index contributed by atoms with van der Waals surface area (Å²) in [6.45, 7) is 0. The van der Waals surface area contributed by atoms with E-state index in [9.17, 15) is 0 Å². The van der Waals surface area contributed by atoms with Crippen molar-refractivity contribution in [2.75, 3.05) is 0 Å². The first-order valence-electron chi connectivity index (χ1n) is 5.62. The average molecular weight is 177 g/mol. The van der Waals surface area contributed by atoms with Crippen molar-refractivity contribution < 1.29 is 0 Å². The summed E-state index contributed by atoms with van der Waals surface area (Å²) in [4.78, 5) is 0. The Kier molecular flexibility index (Phi) is 6.58. The Bertz CT molecular complexity index is 135. The van der Waals surface area contributed by atoms with E-state index in [0.717, 1.165) is 6.42 Å². The molecule has 0 nitrogen and oxygen atoms in total. The first-order chi connectivity index (χ1) is 6.50. The summed E-state index contributed by atoms with van der Waals surface area (Å²) in [7, 11) is 0. The van der Waals surface area contributed by atoms with Crippen LogP contribution in [0.1, 0.15) is 51.4 Å². The third-order valence-corrected chi connectivity index (χ3v) is 2.42. The molecule has 13 heavy (non-hydrogen) atoms.